The average Bonchev–Trinajstić information content (AvgIpc) is 3.14. The third-order valence-corrected chi connectivity index (χ3v) is 9.42. The summed E-state index contributed by atoms with van der Waals surface area (Å²) in [5.74, 6) is 0. The summed E-state index contributed by atoms with van der Waals surface area (Å²) in [6, 6.07) is 3.77. The molecule has 0 fully saturated rings. The zero-order valence-electron chi connectivity index (χ0n) is 13.2. The Morgan fingerprint density at radius 2 is 1.43 bits per heavy atom. The molecule has 4 heterocycles. The molecular formula is C15H17BrN6Sn. The molecule has 0 saturated carbocycles. The average molecular weight is 480 g/mol. The van der Waals surface area contributed by atoms with Crippen LogP contribution in [-0.2, 0) is 0 Å². The molecule has 0 radical (unpaired) electrons. The first-order chi connectivity index (χ1) is 10.9. The quantitative estimate of drug-likeness (QED) is 0.394. The van der Waals surface area contributed by atoms with E-state index in [0.29, 0.717) is 0 Å². The van der Waals surface area contributed by atoms with Crippen molar-refractivity contribution in [3.05, 3.63) is 53.8 Å². The van der Waals surface area contributed by atoms with E-state index in [1.807, 2.05) is 29.0 Å². The summed E-state index contributed by atoms with van der Waals surface area (Å²) >= 11 is 1.34. The van der Waals surface area contributed by atoms with Gasteiger partial charge in [-0.15, -0.1) is 0 Å². The van der Waals surface area contributed by atoms with Crippen molar-refractivity contribution in [2.75, 3.05) is 0 Å². The minimum absolute atomic E-state index is 0.864. The van der Waals surface area contributed by atoms with Crippen molar-refractivity contribution in [2.24, 2.45) is 0 Å². The molecule has 0 bridgehead atoms. The number of rotatable bonds is 1. The first-order valence-electron chi connectivity index (χ1n) is 7.18. The second-order valence-corrected chi connectivity index (χ2v) is 21.5. The maximum absolute atomic E-state index is 4.36. The van der Waals surface area contributed by atoms with E-state index in [4.69, 9.17) is 0 Å². The van der Waals surface area contributed by atoms with Gasteiger partial charge in [-0.3, -0.25) is 0 Å². The van der Waals surface area contributed by atoms with Gasteiger partial charge in [-0.2, -0.15) is 5.10 Å². The molecule has 0 aliphatic carbocycles. The van der Waals surface area contributed by atoms with Crippen LogP contribution in [0.3, 0.4) is 0 Å². The summed E-state index contributed by atoms with van der Waals surface area (Å²) in [6.07, 6.45) is 11.2. The van der Waals surface area contributed by atoms with Crippen LogP contribution in [0.1, 0.15) is 0 Å². The molecule has 8 heteroatoms. The molecule has 4 rings (SSSR count). The molecule has 118 valence electrons. The summed E-state index contributed by atoms with van der Waals surface area (Å²) in [5.41, 5.74) is 1.79. The molecule has 0 saturated heterocycles. The van der Waals surface area contributed by atoms with Crippen LogP contribution in [0.15, 0.2) is 53.8 Å². The van der Waals surface area contributed by atoms with Crippen molar-refractivity contribution < 1.29 is 0 Å². The molecule has 0 unspecified atom stereocenters. The summed E-state index contributed by atoms with van der Waals surface area (Å²) in [5, 5.41) is 8.18. The number of halogens is 1. The Kier molecular flexibility index (Phi) is 4.67. The van der Waals surface area contributed by atoms with Gasteiger partial charge < -0.3 is 0 Å². The first-order valence-corrected chi connectivity index (χ1v) is 18.0. The van der Waals surface area contributed by atoms with Crippen molar-refractivity contribution in [1.29, 1.82) is 0 Å². The first kappa shape index (κ1) is 16.4. The Morgan fingerprint density at radius 1 is 0.870 bits per heavy atom. The zero-order valence-corrected chi connectivity index (χ0v) is 17.6. The van der Waals surface area contributed by atoms with Crippen LogP contribution in [0, 0.1) is 0 Å². The molecule has 4 aromatic heterocycles. The van der Waals surface area contributed by atoms with E-state index in [1.54, 1.807) is 23.1 Å². The van der Waals surface area contributed by atoms with Gasteiger partial charge in [0.2, 0.25) is 0 Å². The molecule has 0 atom stereocenters. The summed E-state index contributed by atoms with van der Waals surface area (Å²) in [6.45, 7) is 0. The minimum atomic E-state index is -1.95. The monoisotopic (exact) mass is 480 g/mol. The van der Waals surface area contributed by atoms with E-state index in [1.165, 1.54) is 3.58 Å². The molecule has 23 heavy (non-hydrogen) atoms. The van der Waals surface area contributed by atoms with Gasteiger partial charge in [0.25, 0.3) is 0 Å². The fourth-order valence-corrected chi connectivity index (χ4v) is 5.02. The number of hydrogen-bond donors (Lipinski definition) is 0. The Hall–Kier alpha value is -1.48. The van der Waals surface area contributed by atoms with Crippen LogP contribution < -0.4 is 3.58 Å². The summed E-state index contributed by atoms with van der Waals surface area (Å²) < 4.78 is 5.91. The normalized spacial score (nSPS) is 11.5. The van der Waals surface area contributed by atoms with Crippen molar-refractivity contribution in [3.63, 3.8) is 0 Å². The Balaban J connectivity index is 0.000000140. The molecule has 0 aliphatic rings. The number of fused-ring (bicyclic) bond motifs is 2. The van der Waals surface area contributed by atoms with E-state index < -0.39 is 18.4 Å². The van der Waals surface area contributed by atoms with Gasteiger partial charge in [0.05, 0.1) is 10.7 Å². The van der Waals surface area contributed by atoms with E-state index in [2.05, 4.69) is 57.1 Å². The van der Waals surface area contributed by atoms with Gasteiger partial charge in [-0.05, 0) is 15.9 Å². The zero-order chi connectivity index (χ0) is 16.4. The summed E-state index contributed by atoms with van der Waals surface area (Å²) in [7, 11) is 0. The van der Waals surface area contributed by atoms with Gasteiger partial charge >= 0.3 is 81.7 Å². The van der Waals surface area contributed by atoms with Crippen LogP contribution >= 0.6 is 15.9 Å². The number of hydrogen-bond acceptors (Lipinski definition) is 4. The van der Waals surface area contributed by atoms with Crippen molar-refractivity contribution >= 4 is 49.2 Å². The van der Waals surface area contributed by atoms with Crippen molar-refractivity contribution in [2.45, 2.75) is 14.8 Å². The number of nitrogens with zero attached hydrogens (tertiary/aromatic N) is 6. The van der Waals surface area contributed by atoms with Gasteiger partial charge in [-0.25, -0.2) is 9.50 Å². The van der Waals surface area contributed by atoms with E-state index >= 15 is 0 Å². The van der Waals surface area contributed by atoms with Crippen LogP contribution in [-0.4, -0.2) is 47.6 Å². The Morgan fingerprint density at radius 3 is 2.04 bits per heavy atom. The molecule has 6 nitrogen and oxygen atoms in total. The van der Waals surface area contributed by atoms with Crippen LogP contribution in [0.2, 0.25) is 14.8 Å². The standard InChI is InChI=1S/C6H4BrN3.C6H4N3.3CH3.Sn/c7-5-3-8-6-1-2-9-10(6)4-5;1-3-7-6-2-4-8-9(6)5-1;;;;/h1-4H;2-5H;3*1H3;. The van der Waals surface area contributed by atoms with E-state index in [-0.39, 0.29) is 0 Å². The molecule has 0 N–H and O–H groups in total. The fourth-order valence-electron chi connectivity index (χ4n) is 1.98. The second kappa shape index (κ2) is 6.56. The van der Waals surface area contributed by atoms with E-state index in [0.717, 1.165) is 15.8 Å². The summed E-state index contributed by atoms with van der Waals surface area (Å²) in [4.78, 5) is 15.6. The van der Waals surface area contributed by atoms with Gasteiger partial charge in [-0.1, -0.05) is 0 Å². The molecule has 0 aromatic carbocycles. The third kappa shape index (κ3) is 3.89. The molecule has 4 aromatic rings. The Bertz CT molecular complexity index is 940. The van der Waals surface area contributed by atoms with Crippen LogP contribution in [0.5, 0.6) is 0 Å². The van der Waals surface area contributed by atoms with Crippen molar-refractivity contribution in [3.8, 4) is 0 Å². The topological polar surface area (TPSA) is 60.4 Å². The predicted molar refractivity (Wildman–Crippen MR) is 96.7 cm³/mol. The van der Waals surface area contributed by atoms with E-state index in [9.17, 15) is 0 Å². The van der Waals surface area contributed by atoms with Crippen LogP contribution in [0.4, 0.5) is 0 Å². The maximum atomic E-state index is 4.36. The van der Waals surface area contributed by atoms with Gasteiger partial charge in [0, 0.05) is 18.5 Å². The van der Waals surface area contributed by atoms with Crippen LogP contribution in [0.25, 0.3) is 11.3 Å². The second-order valence-electron chi connectivity index (χ2n) is 6.13. The number of aromatic nitrogens is 6. The fraction of sp³-hybridized carbons (Fsp3) is 0.200. The Labute approximate surface area is 146 Å². The SMILES string of the molecule is Brc1cnc2ccnn2c1.[CH3][Sn]([CH3])([CH3])[c]1cnc2ccnn2c1. The molecular weight excluding hydrogens is 463 g/mol. The third-order valence-electron chi connectivity index (χ3n) is 3.33. The van der Waals surface area contributed by atoms with Gasteiger partial charge in [0.1, 0.15) is 0 Å². The molecule has 0 amide bonds. The molecule has 0 spiro atoms. The van der Waals surface area contributed by atoms with Crippen molar-refractivity contribution in [1.82, 2.24) is 29.2 Å². The predicted octanol–water partition coefficient (Wildman–Crippen LogP) is 2.77. The molecule has 0 aliphatic heterocycles. The van der Waals surface area contributed by atoms with Gasteiger partial charge in [0.15, 0.2) is 5.65 Å².